The molecule has 1 saturated heterocycles. The summed E-state index contributed by atoms with van der Waals surface area (Å²) in [6.07, 6.45) is 2.79. The normalized spacial score (nSPS) is 23.5. The SMILES string of the molecule is CC(=O)N1CCN(C(=O)Cc2ccncc2)CCCCOC[C@@H](O)[C@@H](O)[C@H](OCCC(C)C)C1. The third-order valence-corrected chi connectivity index (χ3v) is 6.00. The zero-order chi connectivity index (χ0) is 24.9. The van der Waals surface area contributed by atoms with Gasteiger partial charge in [0.2, 0.25) is 11.8 Å². The van der Waals surface area contributed by atoms with E-state index < -0.39 is 18.3 Å². The second-order valence-corrected chi connectivity index (χ2v) is 9.31. The molecule has 2 amide bonds. The molecule has 192 valence electrons. The largest absolute Gasteiger partial charge is 0.388 e. The maximum absolute atomic E-state index is 13.0. The van der Waals surface area contributed by atoms with Crippen LogP contribution in [0, 0.1) is 5.92 Å². The van der Waals surface area contributed by atoms with Crippen LogP contribution in [0.3, 0.4) is 0 Å². The molecule has 0 spiro atoms. The van der Waals surface area contributed by atoms with Crippen molar-refractivity contribution in [3.63, 3.8) is 0 Å². The van der Waals surface area contributed by atoms with Crippen molar-refractivity contribution in [2.75, 3.05) is 46.0 Å². The maximum atomic E-state index is 13.0. The lowest BCUT2D eigenvalue weighted by Gasteiger charge is -2.33. The van der Waals surface area contributed by atoms with Crippen LogP contribution in [0.4, 0.5) is 0 Å². The van der Waals surface area contributed by atoms with Gasteiger partial charge in [0.1, 0.15) is 18.3 Å². The average molecular weight is 480 g/mol. The quantitative estimate of drug-likeness (QED) is 0.632. The summed E-state index contributed by atoms with van der Waals surface area (Å²) in [7, 11) is 0. The Labute approximate surface area is 203 Å². The summed E-state index contributed by atoms with van der Waals surface area (Å²) >= 11 is 0. The van der Waals surface area contributed by atoms with Crippen LogP contribution in [-0.2, 0) is 25.5 Å². The van der Waals surface area contributed by atoms with Crippen LogP contribution < -0.4 is 0 Å². The van der Waals surface area contributed by atoms with E-state index in [2.05, 4.69) is 18.8 Å². The van der Waals surface area contributed by atoms with Crippen LogP contribution in [0.2, 0.25) is 0 Å². The van der Waals surface area contributed by atoms with E-state index in [9.17, 15) is 19.8 Å². The van der Waals surface area contributed by atoms with Gasteiger partial charge in [-0.15, -0.1) is 0 Å². The second-order valence-electron chi connectivity index (χ2n) is 9.31. The molecule has 0 saturated carbocycles. The number of aliphatic hydroxyl groups is 2. The van der Waals surface area contributed by atoms with E-state index in [0.29, 0.717) is 45.2 Å². The number of rotatable bonds is 6. The van der Waals surface area contributed by atoms with E-state index in [-0.39, 0.29) is 31.4 Å². The van der Waals surface area contributed by atoms with E-state index in [1.165, 1.54) is 6.92 Å². The van der Waals surface area contributed by atoms with Gasteiger partial charge in [-0.3, -0.25) is 14.6 Å². The van der Waals surface area contributed by atoms with Gasteiger partial charge < -0.3 is 29.5 Å². The first-order valence-electron chi connectivity index (χ1n) is 12.3. The molecular formula is C25H41N3O6. The molecule has 1 fully saturated rings. The molecule has 2 N–H and O–H groups in total. The van der Waals surface area contributed by atoms with Gasteiger partial charge in [-0.25, -0.2) is 0 Å². The first-order chi connectivity index (χ1) is 16.3. The highest BCUT2D eigenvalue weighted by molar-refractivity contribution is 5.79. The number of carbonyl (C=O) groups is 2. The van der Waals surface area contributed by atoms with Crippen molar-refractivity contribution in [3.05, 3.63) is 30.1 Å². The number of ether oxygens (including phenoxy) is 2. The van der Waals surface area contributed by atoms with Gasteiger partial charge in [-0.2, -0.15) is 0 Å². The molecule has 0 aromatic carbocycles. The Morgan fingerprint density at radius 1 is 1.15 bits per heavy atom. The molecule has 34 heavy (non-hydrogen) atoms. The predicted octanol–water partition coefficient (Wildman–Crippen LogP) is 1.26. The fourth-order valence-corrected chi connectivity index (χ4v) is 3.76. The molecule has 9 nitrogen and oxygen atoms in total. The van der Waals surface area contributed by atoms with Gasteiger partial charge in [0.25, 0.3) is 0 Å². The molecule has 2 rings (SSSR count). The highest BCUT2D eigenvalue weighted by atomic mass is 16.5. The van der Waals surface area contributed by atoms with E-state index in [4.69, 9.17) is 9.47 Å². The molecule has 3 atom stereocenters. The van der Waals surface area contributed by atoms with Crippen molar-refractivity contribution in [1.29, 1.82) is 0 Å². The smallest absolute Gasteiger partial charge is 0.227 e. The van der Waals surface area contributed by atoms with Crippen LogP contribution in [0.5, 0.6) is 0 Å². The highest BCUT2D eigenvalue weighted by Gasteiger charge is 2.30. The van der Waals surface area contributed by atoms with Crippen LogP contribution in [-0.4, -0.2) is 101 Å². The van der Waals surface area contributed by atoms with E-state index in [0.717, 1.165) is 18.4 Å². The van der Waals surface area contributed by atoms with Crippen molar-refractivity contribution in [1.82, 2.24) is 14.8 Å². The highest BCUT2D eigenvalue weighted by Crippen LogP contribution is 2.13. The molecule has 9 heteroatoms. The fourth-order valence-electron chi connectivity index (χ4n) is 3.76. The number of hydrogen-bond donors (Lipinski definition) is 2. The van der Waals surface area contributed by atoms with E-state index in [1.807, 2.05) is 12.1 Å². The number of nitrogens with zero attached hydrogens (tertiary/aromatic N) is 3. The van der Waals surface area contributed by atoms with Gasteiger partial charge in [0.15, 0.2) is 0 Å². The molecule has 0 bridgehead atoms. The Morgan fingerprint density at radius 3 is 2.53 bits per heavy atom. The Bertz CT molecular complexity index is 733. The van der Waals surface area contributed by atoms with Gasteiger partial charge in [-0.1, -0.05) is 13.8 Å². The zero-order valence-electron chi connectivity index (χ0n) is 20.8. The van der Waals surface area contributed by atoms with Crippen LogP contribution in [0.15, 0.2) is 24.5 Å². The molecule has 0 aliphatic carbocycles. The van der Waals surface area contributed by atoms with Gasteiger partial charge in [0.05, 0.1) is 13.0 Å². The third-order valence-electron chi connectivity index (χ3n) is 6.00. The van der Waals surface area contributed by atoms with E-state index in [1.54, 1.807) is 22.2 Å². The summed E-state index contributed by atoms with van der Waals surface area (Å²) in [6.45, 7) is 7.81. The minimum Gasteiger partial charge on any atom is -0.388 e. The van der Waals surface area contributed by atoms with Crippen LogP contribution in [0.25, 0.3) is 0 Å². The average Bonchev–Trinajstić information content (AvgIpc) is 2.80. The van der Waals surface area contributed by atoms with Crippen LogP contribution >= 0.6 is 0 Å². The van der Waals surface area contributed by atoms with E-state index >= 15 is 0 Å². The first kappa shape index (κ1) is 28.2. The second kappa shape index (κ2) is 15.0. The molecule has 1 aliphatic rings. The van der Waals surface area contributed by atoms with Crippen LogP contribution in [0.1, 0.15) is 45.6 Å². The minimum absolute atomic E-state index is 0.0112. The summed E-state index contributed by atoms with van der Waals surface area (Å²) in [5.41, 5.74) is 0.891. The first-order valence-corrected chi connectivity index (χ1v) is 12.3. The monoisotopic (exact) mass is 479 g/mol. The summed E-state index contributed by atoms with van der Waals surface area (Å²) in [6, 6.07) is 3.65. The number of carbonyl (C=O) groups excluding carboxylic acids is 2. The Hall–Kier alpha value is -2.07. The summed E-state index contributed by atoms with van der Waals surface area (Å²) in [5, 5.41) is 21.2. The van der Waals surface area contributed by atoms with Crippen molar-refractivity contribution >= 4 is 11.8 Å². The number of pyridine rings is 1. The standard InChI is InChI=1S/C25H41N3O6/c1-19(2)8-15-34-23-17-28(20(3)29)13-12-27(24(31)16-21-6-9-26-10-7-21)11-4-5-14-33-18-22(30)25(23)32/h6-7,9-10,19,22-23,25,30,32H,4-5,8,11-18H2,1-3H3/t22-,23-,25-/m1/s1. The predicted molar refractivity (Wildman–Crippen MR) is 128 cm³/mol. The molecular weight excluding hydrogens is 438 g/mol. The number of aromatic nitrogens is 1. The fraction of sp³-hybridized carbons (Fsp3) is 0.720. The summed E-state index contributed by atoms with van der Waals surface area (Å²) in [4.78, 5) is 32.8. The summed E-state index contributed by atoms with van der Waals surface area (Å²) in [5.74, 6) is 0.236. The molecule has 0 radical (unpaired) electrons. The lowest BCUT2D eigenvalue weighted by atomic mass is 10.1. The van der Waals surface area contributed by atoms with Gasteiger partial charge >= 0.3 is 0 Å². The molecule has 1 aromatic rings. The van der Waals surface area contributed by atoms with Gasteiger partial charge in [0, 0.05) is 58.7 Å². The number of aliphatic hydroxyl groups excluding tert-OH is 2. The lowest BCUT2D eigenvalue weighted by Crippen LogP contribution is -2.50. The molecule has 0 unspecified atom stereocenters. The molecule has 1 aliphatic heterocycles. The molecule has 2 heterocycles. The topological polar surface area (TPSA) is 112 Å². The Balaban J connectivity index is 2.13. The van der Waals surface area contributed by atoms with Crippen molar-refractivity contribution in [2.45, 2.75) is 64.8 Å². The van der Waals surface area contributed by atoms with Crippen molar-refractivity contribution in [3.8, 4) is 0 Å². The Morgan fingerprint density at radius 2 is 1.85 bits per heavy atom. The maximum Gasteiger partial charge on any atom is 0.227 e. The molecule has 1 aromatic heterocycles. The summed E-state index contributed by atoms with van der Waals surface area (Å²) < 4.78 is 11.5. The minimum atomic E-state index is -1.19. The van der Waals surface area contributed by atoms with Crippen molar-refractivity contribution in [2.24, 2.45) is 5.92 Å². The van der Waals surface area contributed by atoms with Crippen molar-refractivity contribution < 1.29 is 29.3 Å². The Kier molecular flexibility index (Phi) is 12.5. The number of hydrogen-bond acceptors (Lipinski definition) is 7. The zero-order valence-corrected chi connectivity index (χ0v) is 20.8. The third kappa shape index (κ3) is 10.0. The lowest BCUT2D eigenvalue weighted by molar-refractivity contribution is -0.142. The number of amides is 2. The van der Waals surface area contributed by atoms with Gasteiger partial charge in [-0.05, 0) is 42.9 Å².